The lowest BCUT2D eigenvalue weighted by Gasteiger charge is -2.34. The van der Waals surface area contributed by atoms with Crippen LogP contribution >= 0.6 is 0 Å². The van der Waals surface area contributed by atoms with Crippen LogP contribution in [0, 0.1) is 5.92 Å². The van der Waals surface area contributed by atoms with Crippen LogP contribution < -0.4 is 5.73 Å². The Hall–Kier alpha value is -1.43. The van der Waals surface area contributed by atoms with Gasteiger partial charge >= 0.3 is 0 Å². The monoisotopic (exact) mass is 344 g/mol. The second-order valence-electron chi connectivity index (χ2n) is 7.34. The Morgan fingerprint density at radius 1 is 1.08 bits per heavy atom. The van der Waals surface area contributed by atoms with E-state index in [9.17, 15) is 4.79 Å². The minimum Gasteiger partial charge on any atom is -0.342 e. The number of amides is 1. The highest BCUT2D eigenvalue weighted by atomic mass is 16.2. The van der Waals surface area contributed by atoms with Crippen molar-refractivity contribution in [3.8, 4) is 0 Å². The smallest absolute Gasteiger partial charge is 0.223 e. The molecule has 138 valence electrons. The van der Waals surface area contributed by atoms with Crippen molar-refractivity contribution < 1.29 is 4.79 Å². The Bertz CT molecular complexity index is 542. The van der Waals surface area contributed by atoms with Gasteiger partial charge < -0.3 is 20.4 Å². The van der Waals surface area contributed by atoms with E-state index in [0.717, 1.165) is 52.4 Å². The van der Waals surface area contributed by atoms with Crippen LogP contribution in [0.2, 0.25) is 0 Å². The van der Waals surface area contributed by atoms with Crippen LogP contribution in [-0.4, -0.2) is 79.5 Å². The van der Waals surface area contributed by atoms with E-state index in [0.29, 0.717) is 24.8 Å². The Morgan fingerprint density at radius 2 is 1.76 bits per heavy atom. The first-order valence-electron chi connectivity index (χ1n) is 9.68. The van der Waals surface area contributed by atoms with E-state index in [1.807, 2.05) is 11.0 Å². The number of nitrogens with two attached hydrogens (primary N) is 1. The van der Waals surface area contributed by atoms with Gasteiger partial charge in [0, 0.05) is 58.2 Å². The molecule has 5 nitrogen and oxygen atoms in total. The van der Waals surface area contributed by atoms with Gasteiger partial charge in [0.15, 0.2) is 0 Å². The molecule has 2 aliphatic rings. The molecule has 0 radical (unpaired) electrons. The van der Waals surface area contributed by atoms with Gasteiger partial charge in [0.25, 0.3) is 0 Å². The van der Waals surface area contributed by atoms with Gasteiger partial charge in [0.2, 0.25) is 5.91 Å². The minimum atomic E-state index is 0.287. The molecule has 0 spiro atoms. The van der Waals surface area contributed by atoms with Gasteiger partial charge in [-0.05, 0) is 24.6 Å². The SMILES string of the molecule is CCN1CCN(CCC(=O)N2C[C@@H](CN)[C@H](c3ccccc3)C2)CC1. The molecule has 0 bridgehead atoms. The molecule has 5 heteroatoms. The van der Waals surface area contributed by atoms with E-state index in [1.165, 1.54) is 5.56 Å². The highest BCUT2D eigenvalue weighted by Crippen LogP contribution is 2.32. The van der Waals surface area contributed by atoms with Gasteiger partial charge in [-0.3, -0.25) is 4.79 Å². The third kappa shape index (κ3) is 4.60. The quantitative estimate of drug-likeness (QED) is 0.843. The number of likely N-dealkylation sites (N-methyl/N-ethyl adjacent to an activating group) is 1. The number of carbonyl (C=O) groups is 1. The molecular formula is C20H32N4O. The summed E-state index contributed by atoms with van der Waals surface area (Å²) in [7, 11) is 0. The van der Waals surface area contributed by atoms with Gasteiger partial charge in [0.05, 0.1) is 0 Å². The first kappa shape index (κ1) is 18.4. The van der Waals surface area contributed by atoms with E-state index >= 15 is 0 Å². The zero-order valence-corrected chi connectivity index (χ0v) is 15.4. The van der Waals surface area contributed by atoms with Crippen LogP contribution in [0.3, 0.4) is 0 Å². The molecule has 1 aromatic carbocycles. The third-order valence-corrected chi connectivity index (χ3v) is 5.88. The summed E-state index contributed by atoms with van der Waals surface area (Å²) in [6.45, 7) is 10.9. The van der Waals surface area contributed by atoms with Gasteiger partial charge in [-0.15, -0.1) is 0 Å². The average Bonchev–Trinajstić information content (AvgIpc) is 3.12. The van der Waals surface area contributed by atoms with Crippen molar-refractivity contribution >= 4 is 5.91 Å². The summed E-state index contributed by atoms with van der Waals surface area (Å²) >= 11 is 0. The fourth-order valence-corrected chi connectivity index (χ4v) is 4.13. The maximum Gasteiger partial charge on any atom is 0.223 e. The lowest BCUT2D eigenvalue weighted by molar-refractivity contribution is -0.130. The predicted octanol–water partition coefficient (Wildman–Crippen LogP) is 1.21. The Balaban J connectivity index is 1.49. The second kappa shape index (κ2) is 8.79. The first-order valence-corrected chi connectivity index (χ1v) is 9.68. The number of likely N-dealkylation sites (tertiary alicyclic amines) is 1. The maximum atomic E-state index is 12.7. The van der Waals surface area contributed by atoms with E-state index in [1.54, 1.807) is 0 Å². The topological polar surface area (TPSA) is 52.8 Å². The predicted molar refractivity (Wildman–Crippen MR) is 101 cm³/mol. The summed E-state index contributed by atoms with van der Waals surface area (Å²) in [6, 6.07) is 10.5. The standard InChI is InChI=1S/C20H32N4O/c1-2-22-10-12-23(13-11-22)9-8-20(25)24-15-18(14-21)19(16-24)17-6-4-3-5-7-17/h3-7,18-19H,2,8-16,21H2,1H3/t18-,19+/m1/s1. The van der Waals surface area contributed by atoms with Crippen molar-refractivity contribution in [2.24, 2.45) is 11.7 Å². The molecule has 1 amide bonds. The van der Waals surface area contributed by atoms with E-state index in [4.69, 9.17) is 5.73 Å². The number of piperazine rings is 1. The van der Waals surface area contributed by atoms with Crippen LogP contribution in [0.15, 0.2) is 30.3 Å². The van der Waals surface area contributed by atoms with Crippen molar-refractivity contribution in [2.75, 3.05) is 58.9 Å². The number of carbonyl (C=O) groups excluding carboxylic acids is 1. The molecule has 2 N–H and O–H groups in total. The molecule has 3 rings (SSSR count). The third-order valence-electron chi connectivity index (χ3n) is 5.88. The Morgan fingerprint density at radius 3 is 2.40 bits per heavy atom. The largest absolute Gasteiger partial charge is 0.342 e. The number of rotatable bonds is 6. The van der Waals surface area contributed by atoms with E-state index in [2.05, 4.69) is 41.0 Å². The molecule has 2 aliphatic heterocycles. The van der Waals surface area contributed by atoms with E-state index < -0.39 is 0 Å². The van der Waals surface area contributed by atoms with Crippen LogP contribution in [0.1, 0.15) is 24.8 Å². The minimum absolute atomic E-state index is 0.287. The molecule has 2 heterocycles. The zero-order valence-electron chi connectivity index (χ0n) is 15.4. The lowest BCUT2D eigenvalue weighted by atomic mass is 9.89. The van der Waals surface area contributed by atoms with Gasteiger partial charge in [0.1, 0.15) is 0 Å². The number of hydrogen-bond acceptors (Lipinski definition) is 4. The molecule has 1 aromatic rings. The van der Waals surface area contributed by atoms with Crippen LogP contribution in [0.4, 0.5) is 0 Å². The number of benzene rings is 1. The second-order valence-corrected chi connectivity index (χ2v) is 7.34. The summed E-state index contributed by atoms with van der Waals surface area (Å²) < 4.78 is 0. The van der Waals surface area contributed by atoms with E-state index in [-0.39, 0.29) is 5.91 Å². The summed E-state index contributed by atoms with van der Waals surface area (Å²) in [5.74, 6) is 1.04. The van der Waals surface area contributed by atoms with Crippen LogP contribution in [0.25, 0.3) is 0 Å². The lowest BCUT2D eigenvalue weighted by Crippen LogP contribution is -2.47. The summed E-state index contributed by atoms with van der Waals surface area (Å²) in [5, 5.41) is 0. The van der Waals surface area contributed by atoms with Crippen LogP contribution in [0.5, 0.6) is 0 Å². The molecule has 0 unspecified atom stereocenters. The molecule has 0 aromatic heterocycles. The summed E-state index contributed by atoms with van der Waals surface area (Å²) in [5.41, 5.74) is 7.30. The first-order chi connectivity index (χ1) is 12.2. The summed E-state index contributed by atoms with van der Waals surface area (Å²) in [4.78, 5) is 19.6. The molecule has 2 atom stereocenters. The van der Waals surface area contributed by atoms with Crippen molar-refractivity contribution in [2.45, 2.75) is 19.3 Å². The van der Waals surface area contributed by atoms with Gasteiger partial charge in [-0.25, -0.2) is 0 Å². The molecular weight excluding hydrogens is 312 g/mol. The molecule has 0 aliphatic carbocycles. The summed E-state index contributed by atoms with van der Waals surface area (Å²) in [6.07, 6.45) is 0.630. The zero-order chi connectivity index (χ0) is 17.6. The number of nitrogens with zero attached hydrogens (tertiary/aromatic N) is 3. The Kier molecular flexibility index (Phi) is 6.45. The average molecular weight is 345 g/mol. The fourth-order valence-electron chi connectivity index (χ4n) is 4.13. The molecule has 2 saturated heterocycles. The van der Waals surface area contributed by atoms with Crippen LogP contribution in [-0.2, 0) is 4.79 Å². The van der Waals surface area contributed by atoms with Crippen molar-refractivity contribution in [1.29, 1.82) is 0 Å². The highest BCUT2D eigenvalue weighted by molar-refractivity contribution is 5.77. The normalized spacial score (nSPS) is 25.4. The molecule has 0 saturated carbocycles. The highest BCUT2D eigenvalue weighted by Gasteiger charge is 2.35. The van der Waals surface area contributed by atoms with Crippen molar-refractivity contribution in [1.82, 2.24) is 14.7 Å². The van der Waals surface area contributed by atoms with Crippen molar-refractivity contribution in [3.05, 3.63) is 35.9 Å². The fraction of sp³-hybridized carbons (Fsp3) is 0.650. The number of hydrogen-bond donors (Lipinski definition) is 1. The molecule has 2 fully saturated rings. The van der Waals surface area contributed by atoms with Gasteiger partial charge in [-0.2, -0.15) is 0 Å². The van der Waals surface area contributed by atoms with Gasteiger partial charge in [-0.1, -0.05) is 37.3 Å². The Labute approximate surface area is 151 Å². The van der Waals surface area contributed by atoms with Crippen molar-refractivity contribution in [3.63, 3.8) is 0 Å². The maximum absolute atomic E-state index is 12.7. The molecule has 25 heavy (non-hydrogen) atoms.